The molecule has 0 radical (unpaired) electrons. The van der Waals surface area contributed by atoms with E-state index in [1.807, 2.05) is 0 Å². The molecule has 3 aromatic rings. The molecule has 26 heavy (non-hydrogen) atoms. The van der Waals surface area contributed by atoms with Crippen LogP contribution in [0.4, 0.5) is 8.78 Å². The maximum absolute atomic E-state index is 13.2. The number of fused-ring (bicyclic) bond motifs is 1. The normalized spacial score (nSPS) is 13.3. The van der Waals surface area contributed by atoms with E-state index in [1.165, 1.54) is 36.4 Å². The van der Waals surface area contributed by atoms with Crippen molar-refractivity contribution in [3.8, 4) is 11.4 Å². The van der Waals surface area contributed by atoms with Gasteiger partial charge in [-0.2, -0.15) is 5.10 Å². The first-order valence-electron chi connectivity index (χ1n) is 8.46. The molecule has 4 nitrogen and oxygen atoms in total. The van der Waals surface area contributed by atoms with Crippen LogP contribution in [-0.4, -0.2) is 15.7 Å². The first kappa shape index (κ1) is 16.4. The number of hydrogen-bond donors (Lipinski definition) is 0. The molecule has 1 aromatic heterocycles. The van der Waals surface area contributed by atoms with Crippen LogP contribution in [0.1, 0.15) is 34.6 Å². The second kappa shape index (κ2) is 6.71. The Balaban J connectivity index is 1.70. The summed E-state index contributed by atoms with van der Waals surface area (Å²) in [6.07, 6.45) is 3.51. The van der Waals surface area contributed by atoms with E-state index >= 15 is 0 Å². The molecule has 1 heterocycles. The van der Waals surface area contributed by atoms with Gasteiger partial charge >= 0.3 is 5.97 Å². The van der Waals surface area contributed by atoms with Gasteiger partial charge < -0.3 is 4.74 Å². The van der Waals surface area contributed by atoms with Gasteiger partial charge in [0.25, 0.3) is 0 Å². The average molecular weight is 354 g/mol. The van der Waals surface area contributed by atoms with Crippen LogP contribution in [0.25, 0.3) is 5.69 Å². The van der Waals surface area contributed by atoms with Gasteiger partial charge in [-0.25, -0.2) is 18.3 Å². The number of carbonyl (C=O) groups excluding carboxylic acids is 1. The average Bonchev–Trinajstić information content (AvgIpc) is 3.04. The van der Waals surface area contributed by atoms with Crippen LogP contribution in [0.15, 0.2) is 48.5 Å². The van der Waals surface area contributed by atoms with Crippen molar-refractivity contribution in [1.82, 2.24) is 9.78 Å². The van der Waals surface area contributed by atoms with Crippen molar-refractivity contribution in [2.24, 2.45) is 0 Å². The fourth-order valence-corrected chi connectivity index (χ4v) is 3.22. The van der Waals surface area contributed by atoms with Gasteiger partial charge in [0.05, 0.1) is 5.69 Å². The maximum atomic E-state index is 13.2. The number of halogens is 2. The van der Waals surface area contributed by atoms with Crippen LogP contribution in [0, 0.1) is 11.6 Å². The molecule has 132 valence electrons. The molecule has 0 bridgehead atoms. The Morgan fingerprint density at radius 2 is 1.54 bits per heavy atom. The first-order chi connectivity index (χ1) is 12.6. The van der Waals surface area contributed by atoms with E-state index < -0.39 is 11.8 Å². The van der Waals surface area contributed by atoms with Gasteiger partial charge in [0.2, 0.25) is 0 Å². The van der Waals surface area contributed by atoms with Crippen molar-refractivity contribution in [3.05, 3.63) is 77.1 Å². The molecule has 0 N–H and O–H groups in total. The molecule has 4 rings (SSSR count). The summed E-state index contributed by atoms with van der Waals surface area (Å²) in [5.74, 6) is -1.04. The first-order valence-corrected chi connectivity index (χ1v) is 8.46. The van der Waals surface area contributed by atoms with E-state index in [0.717, 1.165) is 36.9 Å². The lowest BCUT2D eigenvalue weighted by molar-refractivity contribution is 0.0726. The van der Waals surface area contributed by atoms with Gasteiger partial charge in [-0.3, -0.25) is 0 Å². The van der Waals surface area contributed by atoms with Crippen molar-refractivity contribution in [2.75, 3.05) is 0 Å². The number of carbonyl (C=O) groups is 1. The SMILES string of the molecule is O=C(Oc1ccc(F)cc1)c1nn(-c2ccc(F)cc2)c2c1CCCC2. The highest BCUT2D eigenvalue weighted by atomic mass is 19.1. The number of aromatic nitrogens is 2. The third-order valence-corrected chi connectivity index (χ3v) is 4.47. The van der Waals surface area contributed by atoms with E-state index in [1.54, 1.807) is 16.8 Å². The molecule has 0 amide bonds. The van der Waals surface area contributed by atoms with Crippen LogP contribution in [-0.2, 0) is 12.8 Å². The zero-order valence-electron chi connectivity index (χ0n) is 13.9. The highest BCUT2D eigenvalue weighted by molar-refractivity contribution is 5.91. The van der Waals surface area contributed by atoms with Crippen molar-refractivity contribution < 1.29 is 18.3 Å². The zero-order valence-corrected chi connectivity index (χ0v) is 13.9. The highest BCUT2D eigenvalue weighted by Crippen LogP contribution is 2.28. The molecule has 2 aromatic carbocycles. The Hall–Kier alpha value is -3.02. The fourth-order valence-electron chi connectivity index (χ4n) is 3.22. The summed E-state index contributed by atoms with van der Waals surface area (Å²) in [7, 11) is 0. The fraction of sp³-hybridized carbons (Fsp3) is 0.200. The lowest BCUT2D eigenvalue weighted by atomic mass is 9.95. The van der Waals surface area contributed by atoms with Crippen molar-refractivity contribution >= 4 is 5.97 Å². The van der Waals surface area contributed by atoms with E-state index in [2.05, 4.69) is 5.10 Å². The number of esters is 1. The molecule has 1 aliphatic rings. The largest absolute Gasteiger partial charge is 0.422 e. The predicted octanol–water partition coefficient (Wildman–Crippen LogP) is 4.25. The Bertz CT molecular complexity index is 947. The molecule has 0 unspecified atom stereocenters. The lowest BCUT2D eigenvalue weighted by Crippen LogP contribution is -2.13. The molecular weight excluding hydrogens is 338 g/mol. The van der Waals surface area contributed by atoms with E-state index in [4.69, 9.17) is 4.74 Å². The highest BCUT2D eigenvalue weighted by Gasteiger charge is 2.26. The summed E-state index contributed by atoms with van der Waals surface area (Å²) >= 11 is 0. The minimum atomic E-state index is -0.574. The summed E-state index contributed by atoms with van der Waals surface area (Å²) in [6, 6.07) is 11.3. The van der Waals surface area contributed by atoms with Gasteiger partial charge in [0, 0.05) is 11.3 Å². The molecule has 0 aliphatic heterocycles. The Morgan fingerprint density at radius 3 is 2.23 bits per heavy atom. The van der Waals surface area contributed by atoms with Crippen LogP contribution < -0.4 is 4.74 Å². The number of hydrogen-bond acceptors (Lipinski definition) is 3. The van der Waals surface area contributed by atoms with Crippen molar-refractivity contribution in [1.29, 1.82) is 0 Å². The molecule has 6 heteroatoms. The molecule has 0 spiro atoms. The maximum Gasteiger partial charge on any atom is 0.364 e. The zero-order chi connectivity index (χ0) is 18.1. The number of ether oxygens (including phenoxy) is 1. The van der Waals surface area contributed by atoms with Gasteiger partial charge in [-0.1, -0.05) is 0 Å². The number of nitrogens with zero attached hydrogens (tertiary/aromatic N) is 2. The van der Waals surface area contributed by atoms with Crippen molar-refractivity contribution in [3.63, 3.8) is 0 Å². The minimum absolute atomic E-state index is 0.258. The third-order valence-electron chi connectivity index (χ3n) is 4.47. The molecule has 1 aliphatic carbocycles. The quantitative estimate of drug-likeness (QED) is 0.522. The molecular formula is C20H16F2N2O2. The topological polar surface area (TPSA) is 44.1 Å². The summed E-state index contributed by atoms with van der Waals surface area (Å²) in [5, 5.41) is 4.45. The molecule has 0 saturated carbocycles. The summed E-state index contributed by atoms with van der Waals surface area (Å²) in [4.78, 5) is 12.6. The summed E-state index contributed by atoms with van der Waals surface area (Å²) in [6.45, 7) is 0. The van der Waals surface area contributed by atoms with Gasteiger partial charge in [-0.15, -0.1) is 0 Å². The summed E-state index contributed by atoms with van der Waals surface area (Å²) in [5.41, 5.74) is 2.78. The standard InChI is InChI=1S/C20H16F2N2O2/c21-13-5-9-15(10-6-13)24-18-4-2-1-3-17(18)19(23-24)20(25)26-16-11-7-14(22)8-12-16/h5-12H,1-4H2. The molecule has 0 saturated heterocycles. The molecule has 0 atom stereocenters. The third kappa shape index (κ3) is 3.10. The van der Waals surface area contributed by atoms with E-state index in [9.17, 15) is 13.6 Å². The second-order valence-electron chi connectivity index (χ2n) is 6.21. The van der Waals surface area contributed by atoms with Crippen LogP contribution in [0.3, 0.4) is 0 Å². The lowest BCUT2D eigenvalue weighted by Gasteiger charge is -2.14. The molecule has 0 fully saturated rings. The number of benzene rings is 2. The monoisotopic (exact) mass is 354 g/mol. The Labute approximate surface area is 149 Å². The van der Waals surface area contributed by atoms with Gasteiger partial charge in [0.15, 0.2) is 5.69 Å². The van der Waals surface area contributed by atoms with Gasteiger partial charge in [-0.05, 0) is 74.2 Å². The second-order valence-corrected chi connectivity index (χ2v) is 6.21. The van der Waals surface area contributed by atoms with Crippen LogP contribution in [0.2, 0.25) is 0 Å². The van der Waals surface area contributed by atoms with Crippen LogP contribution >= 0.6 is 0 Å². The predicted molar refractivity (Wildman–Crippen MR) is 91.5 cm³/mol. The smallest absolute Gasteiger partial charge is 0.364 e. The minimum Gasteiger partial charge on any atom is -0.422 e. The van der Waals surface area contributed by atoms with Crippen molar-refractivity contribution in [2.45, 2.75) is 25.7 Å². The van der Waals surface area contributed by atoms with E-state index in [-0.39, 0.29) is 17.3 Å². The number of rotatable bonds is 3. The Kier molecular flexibility index (Phi) is 4.24. The van der Waals surface area contributed by atoms with Gasteiger partial charge in [0.1, 0.15) is 17.4 Å². The van der Waals surface area contributed by atoms with E-state index in [0.29, 0.717) is 5.69 Å². The Morgan fingerprint density at radius 1 is 0.923 bits per heavy atom. The van der Waals surface area contributed by atoms with Crippen LogP contribution in [0.5, 0.6) is 5.75 Å². The summed E-state index contributed by atoms with van der Waals surface area (Å²) < 4.78 is 33.3.